The Bertz CT molecular complexity index is 178. The highest BCUT2D eigenvalue weighted by Gasteiger charge is 2.06. The van der Waals surface area contributed by atoms with E-state index in [2.05, 4.69) is 33.4 Å². The fourth-order valence-electron chi connectivity index (χ4n) is 1.60. The quantitative estimate of drug-likeness (QED) is 0.616. The van der Waals surface area contributed by atoms with Crippen LogP contribution >= 0.6 is 0 Å². The van der Waals surface area contributed by atoms with Gasteiger partial charge in [-0.25, -0.2) is 0 Å². The zero-order valence-corrected chi connectivity index (χ0v) is 9.92. The third-order valence-corrected chi connectivity index (χ3v) is 2.39. The molecule has 0 aliphatic rings. The van der Waals surface area contributed by atoms with Gasteiger partial charge in [-0.15, -0.1) is 6.58 Å². The van der Waals surface area contributed by atoms with Gasteiger partial charge in [-0.05, 0) is 45.4 Å². The fourth-order valence-corrected chi connectivity index (χ4v) is 1.60. The maximum absolute atomic E-state index is 5.93. The third-order valence-electron chi connectivity index (χ3n) is 2.39. The average molecular weight is 195 g/mol. The highest BCUT2D eigenvalue weighted by Crippen LogP contribution is 2.14. The number of rotatable bonds is 7. The summed E-state index contributed by atoms with van der Waals surface area (Å²) < 4.78 is 0. The first-order chi connectivity index (χ1) is 6.56. The van der Waals surface area contributed by atoms with E-state index in [1.165, 1.54) is 18.4 Å². The van der Waals surface area contributed by atoms with E-state index in [0.29, 0.717) is 6.04 Å². The van der Waals surface area contributed by atoms with Crippen LogP contribution in [0.5, 0.6) is 0 Å². The number of hydrogen-bond donors (Lipinski definition) is 1. The average Bonchev–Trinajstić information content (AvgIpc) is 2.03. The second-order valence-electron chi connectivity index (χ2n) is 4.48. The molecular formula is C13H25N. The predicted octanol–water partition coefficient (Wildman–Crippen LogP) is 3.66. The van der Waals surface area contributed by atoms with Crippen LogP contribution in [0.2, 0.25) is 0 Å². The summed E-state index contributed by atoms with van der Waals surface area (Å²) in [6.45, 7) is 10.3. The molecule has 0 unspecified atom stereocenters. The summed E-state index contributed by atoms with van der Waals surface area (Å²) in [5.74, 6) is 0.723. The summed E-state index contributed by atoms with van der Waals surface area (Å²) in [5, 5.41) is 0. The Hall–Kier alpha value is -0.560. The fraction of sp³-hybridized carbons (Fsp3) is 0.692. The molecular weight excluding hydrogens is 170 g/mol. The maximum atomic E-state index is 5.93. The summed E-state index contributed by atoms with van der Waals surface area (Å²) in [7, 11) is 0. The van der Waals surface area contributed by atoms with Crippen molar-refractivity contribution in [1.29, 1.82) is 0 Å². The van der Waals surface area contributed by atoms with E-state index < -0.39 is 0 Å². The Morgan fingerprint density at radius 3 is 2.57 bits per heavy atom. The molecule has 0 rings (SSSR count). The van der Waals surface area contributed by atoms with Crippen molar-refractivity contribution in [3.8, 4) is 0 Å². The van der Waals surface area contributed by atoms with Gasteiger partial charge in [0.05, 0.1) is 0 Å². The molecule has 0 spiro atoms. The third kappa shape index (κ3) is 8.06. The van der Waals surface area contributed by atoms with Crippen molar-refractivity contribution in [2.75, 3.05) is 0 Å². The van der Waals surface area contributed by atoms with Crippen molar-refractivity contribution >= 4 is 0 Å². The van der Waals surface area contributed by atoms with Crippen molar-refractivity contribution in [2.24, 2.45) is 11.7 Å². The second-order valence-corrected chi connectivity index (χ2v) is 4.48. The van der Waals surface area contributed by atoms with E-state index in [9.17, 15) is 0 Å². The van der Waals surface area contributed by atoms with Crippen molar-refractivity contribution in [3.05, 3.63) is 24.3 Å². The van der Waals surface area contributed by atoms with E-state index in [4.69, 9.17) is 5.73 Å². The lowest BCUT2D eigenvalue weighted by atomic mass is 9.95. The van der Waals surface area contributed by atoms with E-state index in [1.54, 1.807) is 0 Å². The van der Waals surface area contributed by atoms with Crippen LogP contribution in [0.4, 0.5) is 0 Å². The lowest BCUT2D eigenvalue weighted by Crippen LogP contribution is -2.21. The van der Waals surface area contributed by atoms with E-state index >= 15 is 0 Å². The molecule has 0 heterocycles. The normalized spacial score (nSPS) is 14.6. The van der Waals surface area contributed by atoms with Crippen molar-refractivity contribution in [1.82, 2.24) is 0 Å². The molecule has 0 bridgehead atoms. The summed E-state index contributed by atoms with van der Waals surface area (Å²) in [4.78, 5) is 0. The molecule has 0 aromatic rings. The lowest BCUT2D eigenvalue weighted by Gasteiger charge is -2.15. The van der Waals surface area contributed by atoms with Crippen molar-refractivity contribution in [2.45, 2.75) is 52.5 Å². The van der Waals surface area contributed by atoms with Gasteiger partial charge in [0.25, 0.3) is 0 Å². The van der Waals surface area contributed by atoms with Crippen LogP contribution in [-0.4, -0.2) is 6.04 Å². The van der Waals surface area contributed by atoms with Crippen LogP contribution in [0.3, 0.4) is 0 Å². The number of hydrogen-bond acceptors (Lipinski definition) is 1. The smallest absolute Gasteiger partial charge is 0.00758 e. The van der Waals surface area contributed by atoms with Crippen LogP contribution in [-0.2, 0) is 0 Å². The minimum Gasteiger partial charge on any atom is -0.327 e. The van der Waals surface area contributed by atoms with Crippen LogP contribution in [0.1, 0.15) is 46.5 Å². The molecule has 0 aromatic carbocycles. The Kier molecular flexibility index (Phi) is 7.50. The molecule has 1 nitrogen and oxygen atoms in total. The van der Waals surface area contributed by atoms with Gasteiger partial charge in [-0.3, -0.25) is 0 Å². The summed E-state index contributed by atoms with van der Waals surface area (Å²) >= 11 is 0. The molecule has 82 valence electrons. The highest BCUT2D eigenvalue weighted by atomic mass is 14.6. The Balaban J connectivity index is 3.59. The molecule has 0 amide bonds. The molecule has 0 aromatic heterocycles. The van der Waals surface area contributed by atoms with Crippen LogP contribution in [0, 0.1) is 5.92 Å². The van der Waals surface area contributed by atoms with Gasteiger partial charge in [-0.2, -0.15) is 0 Å². The molecule has 2 atom stereocenters. The van der Waals surface area contributed by atoms with Gasteiger partial charge < -0.3 is 5.73 Å². The SMILES string of the molecule is C=CC[C@H](N)C[C@@H](C)CCC=C(C)C. The van der Waals surface area contributed by atoms with E-state index in [-0.39, 0.29) is 0 Å². The summed E-state index contributed by atoms with van der Waals surface area (Å²) in [5.41, 5.74) is 7.34. The minimum atomic E-state index is 0.300. The zero-order valence-electron chi connectivity index (χ0n) is 9.92. The van der Waals surface area contributed by atoms with Gasteiger partial charge in [0.1, 0.15) is 0 Å². The molecule has 0 radical (unpaired) electrons. The van der Waals surface area contributed by atoms with Gasteiger partial charge in [0.15, 0.2) is 0 Å². The Morgan fingerprint density at radius 2 is 2.07 bits per heavy atom. The first kappa shape index (κ1) is 13.4. The van der Waals surface area contributed by atoms with Crippen molar-refractivity contribution < 1.29 is 0 Å². The van der Waals surface area contributed by atoms with Crippen molar-refractivity contribution in [3.63, 3.8) is 0 Å². The zero-order chi connectivity index (χ0) is 11.0. The topological polar surface area (TPSA) is 26.0 Å². The monoisotopic (exact) mass is 195 g/mol. The molecule has 0 saturated carbocycles. The number of allylic oxidation sites excluding steroid dienone is 2. The largest absolute Gasteiger partial charge is 0.327 e. The van der Waals surface area contributed by atoms with Gasteiger partial charge >= 0.3 is 0 Å². The first-order valence-electron chi connectivity index (χ1n) is 5.56. The van der Waals surface area contributed by atoms with Crippen LogP contribution in [0.25, 0.3) is 0 Å². The lowest BCUT2D eigenvalue weighted by molar-refractivity contribution is 0.441. The molecule has 0 aliphatic carbocycles. The van der Waals surface area contributed by atoms with Gasteiger partial charge in [0, 0.05) is 6.04 Å². The van der Waals surface area contributed by atoms with E-state index in [0.717, 1.165) is 18.8 Å². The first-order valence-corrected chi connectivity index (χ1v) is 5.56. The molecule has 0 fully saturated rings. The molecule has 14 heavy (non-hydrogen) atoms. The van der Waals surface area contributed by atoms with Crippen LogP contribution < -0.4 is 5.73 Å². The van der Waals surface area contributed by atoms with Gasteiger partial charge in [0.2, 0.25) is 0 Å². The molecule has 2 N–H and O–H groups in total. The molecule has 0 aliphatic heterocycles. The predicted molar refractivity (Wildman–Crippen MR) is 65.2 cm³/mol. The van der Waals surface area contributed by atoms with Crippen LogP contribution in [0.15, 0.2) is 24.3 Å². The summed E-state index contributed by atoms with van der Waals surface area (Å²) in [6, 6.07) is 0.300. The molecule has 1 heteroatoms. The molecule has 0 saturated heterocycles. The highest BCUT2D eigenvalue weighted by molar-refractivity contribution is 4.92. The van der Waals surface area contributed by atoms with E-state index in [1.807, 2.05) is 6.08 Å². The number of nitrogens with two attached hydrogens (primary N) is 1. The Morgan fingerprint density at radius 1 is 1.43 bits per heavy atom. The van der Waals surface area contributed by atoms with Gasteiger partial charge in [-0.1, -0.05) is 24.6 Å². The maximum Gasteiger partial charge on any atom is 0.00758 e. The summed E-state index contributed by atoms with van der Waals surface area (Å²) in [6.07, 6.45) is 8.69. The second kappa shape index (κ2) is 7.81. The Labute approximate surface area is 89.1 Å². The minimum absolute atomic E-state index is 0.300. The standard InChI is InChI=1S/C13H25N/c1-5-7-13(14)10-12(4)9-6-8-11(2)3/h5,8,12-13H,1,6-7,9-10,14H2,2-4H3/t12-,13-/m0/s1.